The highest BCUT2D eigenvalue weighted by Gasteiger charge is 2.37. The zero-order valence-corrected chi connectivity index (χ0v) is 23.2. The van der Waals surface area contributed by atoms with Crippen molar-refractivity contribution in [1.29, 1.82) is 0 Å². The van der Waals surface area contributed by atoms with E-state index in [0.717, 1.165) is 24.3 Å². The Labute approximate surface area is 236 Å². The fraction of sp³-hybridized carbons (Fsp3) is 0.200. The van der Waals surface area contributed by atoms with Crippen molar-refractivity contribution in [1.82, 2.24) is 4.90 Å². The number of carbonyl (C=O) groups is 2. The third-order valence-electron chi connectivity index (χ3n) is 5.11. The lowest BCUT2D eigenvalue weighted by Crippen LogP contribution is -2.39. The van der Waals surface area contributed by atoms with E-state index in [4.69, 9.17) is 13.8 Å². The Hall–Kier alpha value is -4.62. The van der Waals surface area contributed by atoms with Crippen LogP contribution in [0.15, 0.2) is 78.9 Å². The first kappa shape index (κ1) is 30.9. The van der Waals surface area contributed by atoms with Gasteiger partial charge in [-0.15, -0.1) is 0 Å². The minimum absolute atomic E-state index is 0.0417. The lowest BCUT2D eigenvalue weighted by atomic mass is 10.2. The molecule has 16 heteroatoms. The Morgan fingerprint density at radius 2 is 1.41 bits per heavy atom. The van der Waals surface area contributed by atoms with Crippen molar-refractivity contribution in [3.05, 3.63) is 105 Å². The summed E-state index contributed by atoms with van der Waals surface area (Å²) in [6, 6.07) is 17.6. The van der Waals surface area contributed by atoms with Gasteiger partial charge in [0, 0.05) is 12.1 Å². The Bertz CT molecular complexity index is 1440. The quantitative estimate of drug-likeness (QED) is 0.110. The molecule has 0 aliphatic rings. The van der Waals surface area contributed by atoms with Crippen molar-refractivity contribution in [3.8, 4) is 11.5 Å². The Kier molecular flexibility index (Phi) is 10.7. The van der Waals surface area contributed by atoms with Gasteiger partial charge in [0.05, 0.1) is 34.3 Å². The summed E-state index contributed by atoms with van der Waals surface area (Å²) in [7, 11) is -6.90. The van der Waals surface area contributed by atoms with Crippen LogP contribution in [0.2, 0.25) is 0 Å². The topological polar surface area (TPSA) is 185 Å². The first-order valence-corrected chi connectivity index (χ1v) is 14.9. The van der Waals surface area contributed by atoms with Crippen LogP contribution in [-0.4, -0.2) is 49.6 Å². The van der Waals surface area contributed by atoms with E-state index in [-0.39, 0.29) is 23.9 Å². The smallest absolute Gasteiger partial charge is 0.450 e. The number of amides is 1. The average molecular weight is 606 g/mol. The van der Waals surface area contributed by atoms with Crippen LogP contribution in [0.5, 0.6) is 11.5 Å². The Morgan fingerprint density at radius 3 is 1.90 bits per heavy atom. The van der Waals surface area contributed by atoms with E-state index in [1.807, 2.05) is 0 Å². The molecule has 0 N–H and O–H groups in total. The van der Waals surface area contributed by atoms with Gasteiger partial charge in [0.1, 0.15) is 35.1 Å². The predicted molar refractivity (Wildman–Crippen MR) is 147 cm³/mol. The van der Waals surface area contributed by atoms with Crippen LogP contribution < -0.4 is 9.05 Å². The minimum Gasteiger partial charge on any atom is -0.465 e. The minimum atomic E-state index is -4.65. The van der Waals surface area contributed by atoms with E-state index in [9.17, 15) is 38.6 Å². The van der Waals surface area contributed by atoms with E-state index in [2.05, 4.69) is 0 Å². The molecule has 41 heavy (non-hydrogen) atoms. The number of hydrogen-bond donors (Lipinski definition) is 0. The van der Waals surface area contributed by atoms with E-state index in [0.29, 0.717) is 10.5 Å². The standard InChI is InChI=1S/C25H24N3O11PS/c1-2-37-24(29)16-26(25(30)41(36)17-19-8-4-3-5-9-19)18-40(35,38-22-12-6-10-20(14-22)27(31)32)39-23-13-7-11-21(15-23)28(33)34/h3-15H,2,16-18H2,1H3. The number of carbonyl (C=O) groups excluding carboxylic acids is 2. The van der Waals surface area contributed by atoms with Gasteiger partial charge in [-0.2, -0.15) is 0 Å². The van der Waals surface area contributed by atoms with E-state index >= 15 is 0 Å². The zero-order chi connectivity index (χ0) is 30.0. The van der Waals surface area contributed by atoms with Crippen molar-refractivity contribution in [2.75, 3.05) is 19.4 Å². The largest absolute Gasteiger partial charge is 0.465 e. The highest BCUT2D eigenvalue weighted by atomic mass is 32.2. The maximum absolute atomic E-state index is 14.1. The lowest BCUT2D eigenvalue weighted by molar-refractivity contribution is -0.385. The second-order valence-electron chi connectivity index (χ2n) is 8.19. The van der Waals surface area contributed by atoms with Crippen molar-refractivity contribution < 1.29 is 42.0 Å². The van der Waals surface area contributed by atoms with Gasteiger partial charge in [-0.25, -0.2) is 8.77 Å². The maximum Gasteiger partial charge on any atom is 0.450 e. The summed E-state index contributed by atoms with van der Waals surface area (Å²) in [6.07, 6.45) is -0.962. The van der Waals surface area contributed by atoms with Gasteiger partial charge in [0.25, 0.3) is 11.4 Å². The molecule has 1 atom stereocenters. The molecule has 0 aliphatic heterocycles. The molecular formula is C25H24N3O11PS. The zero-order valence-electron chi connectivity index (χ0n) is 21.5. The highest BCUT2D eigenvalue weighted by molar-refractivity contribution is 7.99. The van der Waals surface area contributed by atoms with Crippen LogP contribution in [0, 0.1) is 20.2 Å². The van der Waals surface area contributed by atoms with Crippen LogP contribution in [0.3, 0.4) is 0 Å². The number of nitrogens with zero attached hydrogens (tertiary/aromatic N) is 3. The van der Waals surface area contributed by atoms with E-state index in [1.165, 1.54) is 31.2 Å². The number of hydrogen-bond acceptors (Lipinski definition) is 11. The van der Waals surface area contributed by atoms with Gasteiger partial charge in [-0.05, 0) is 24.6 Å². The van der Waals surface area contributed by atoms with Gasteiger partial charge in [-0.1, -0.05) is 42.5 Å². The second-order valence-corrected chi connectivity index (χ2v) is 11.4. The second kappa shape index (κ2) is 14.1. The highest BCUT2D eigenvalue weighted by Crippen LogP contribution is 2.50. The van der Waals surface area contributed by atoms with Gasteiger partial charge in [0.15, 0.2) is 0 Å². The molecule has 0 saturated heterocycles. The summed E-state index contributed by atoms with van der Waals surface area (Å²) in [5.41, 5.74) is -0.264. The number of nitro groups is 2. The summed E-state index contributed by atoms with van der Waals surface area (Å²) in [5, 5.41) is 21.4. The Balaban J connectivity index is 1.99. The SMILES string of the molecule is CCOC(=O)CN(CP(=O)(Oc1cccc([N+](=O)[O-])c1)Oc1cccc([N+](=O)[O-])c1)C(=O)S(=O)Cc1ccccc1. The molecule has 216 valence electrons. The predicted octanol–water partition coefficient (Wildman–Crippen LogP) is 5.05. The summed E-state index contributed by atoms with van der Waals surface area (Å²) >= 11 is 0. The molecule has 14 nitrogen and oxygen atoms in total. The monoisotopic (exact) mass is 605 g/mol. The van der Waals surface area contributed by atoms with Crippen molar-refractivity contribution in [2.45, 2.75) is 12.7 Å². The number of ether oxygens (including phenoxy) is 1. The third kappa shape index (κ3) is 9.22. The number of benzene rings is 3. The third-order valence-corrected chi connectivity index (χ3v) is 8.02. The molecular weight excluding hydrogens is 581 g/mol. The Morgan fingerprint density at radius 1 is 0.878 bits per heavy atom. The average Bonchev–Trinajstić information content (AvgIpc) is 2.93. The lowest BCUT2D eigenvalue weighted by Gasteiger charge is -2.26. The molecule has 3 aromatic carbocycles. The summed E-state index contributed by atoms with van der Waals surface area (Å²) in [6.45, 7) is 0.702. The molecule has 0 saturated carbocycles. The van der Waals surface area contributed by atoms with E-state index in [1.54, 1.807) is 30.3 Å². The first-order valence-electron chi connectivity index (χ1n) is 11.8. The number of nitro benzene ring substituents is 2. The van der Waals surface area contributed by atoms with Crippen LogP contribution in [0.1, 0.15) is 12.5 Å². The molecule has 1 amide bonds. The van der Waals surface area contributed by atoms with Crippen LogP contribution >= 0.6 is 7.60 Å². The maximum atomic E-state index is 14.1. The number of non-ortho nitro benzene ring substituents is 2. The van der Waals surface area contributed by atoms with E-state index < -0.39 is 63.7 Å². The fourth-order valence-corrected chi connectivity index (χ4v) is 6.18. The van der Waals surface area contributed by atoms with Gasteiger partial charge >= 0.3 is 18.8 Å². The molecule has 0 aromatic heterocycles. The molecule has 0 radical (unpaired) electrons. The van der Waals surface area contributed by atoms with Gasteiger partial charge in [0.2, 0.25) is 0 Å². The normalized spacial score (nSPS) is 11.6. The summed E-state index contributed by atoms with van der Waals surface area (Å²) in [4.78, 5) is 47.3. The first-order chi connectivity index (χ1) is 19.5. The molecule has 0 spiro atoms. The molecule has 3 rings (SSSR count). The molecule has 3 aromatic rings. The summed E-state index contributed by atoms with van der Waals surface area (Å²) in [5.74, 6) is -1.71. The van der Waals surface area contributed by atoms with Crippen LogP contribution in [0.25, 0.3) is 0 Å². The van der Waals surface area contributed by atoms with Gasteiger partial charge < -0.3 is 18.7 Å². The van der Waals surface area contributed by atoms with Crippen molar-refractivity contribution >= 4 is 41.0 Å². The number of rotatable bonds is 13. The fourth-order valence-electron chi connectivity index (χ4n) is 3.38. The molecule has 0 fully saturated rings. The van der Waals surface area contributed by atoms with Crippen LogP contribution in [-0.2, 0) is 30.6 Å². The van der Waals surface area contributed by atoms with Crippen molar-refractivity contribution in [3.63, 3.8) is 0 Å². The molecule has 0 bridgehead atoms. The van der Waals surface area contributed by atoms with Crippen molar-refractivity contribution in [2.24, 2.45) is 0 Å². The van der Waals surface area contributed by atoms with Gasteiger partial charge in [-0.3, -0.25) is 29.8 Å². The van der Waals surface area contributed by atoms with Crippen LogP contribution in [0.4, 0.5) is 16.2 Å². The molecule has 0 aliphatic carbocycles. The molecule has 1 unspecified atom stereocenters. The summed E-state index contributed by atoms with van der Waals surface area (Å²) < 4.78 is 43.1. The number of esters is 1. The molecule has 0 heterocycles.